The van der Waals surface area contributed by atoms with Crippen LogP contribution in [-0.2, 0) is 14.2 Å². The molecule has 2 aromatic heterocycles. The van der Waals surface area contributed by atoms with Gasteiger partial charge in [-0.3, -0.25) is 0 Å². The number of aromatic amines is 1. The number of pyridine rings is 1. The van der Waals surface area contributed by atoms with E-state index in [4.69, 9.17) is 30.5 Å². The highest BCUT2D eigenvalue weighted by molar-refractivity contribution is 6.33. The third-order valence-electron chi connectivity index (χ3n) is 5.55. The third kappa shape index (κ3) is 3.53. The first kappa shape index (κ1) is 18.4. The van der Waals surface area contributed by atoms with Crippen LogP contribution in [0.4, 0.5) is 5.82 Å². The van der Waals surface area contributed by atoms with Crippen LogP contribution in [0.2, 0.25) is 5.02 Å². The maximum atomic E-state index is 9.84. The van der Waals surface area contributed by atoms with Gasteiger partial charge in [-0.1, -0.05) is 11.6 Å². The number of imidazole rings is 1. The number of H-pyrrole nitrogens is 1. The van der Waals surface area contributed by atoms with E-state index in [0.717, 1.165) is 32.6 Å². The zero-order chi connectivity index (χ0) is 19.1. The Labute approximate surface area is 166 Å². The highest BCUT2D eigenvalue weighted by Gasteiger charge is 2.48. The van der Waals surface area contributed by atoms with Crippen molar-refractivity contribution in [1.29, 1.82) is 0 Å². The minimum atomic E-state index is -0.612. The van der Waals surface area contributed by atoms with Crippen LogP contribution in [0.5, 0.6) is 6.01 Å². The maximum Gasteiger partial charge on any atom is 0.296 e. The normalized spacial score (nSPS) is 30.6. The Morgan fingerprint density at radius 1 is 1.21 bits per heavy atom. The van der Waals surface area contributed by atoms with Gasteiger partial charge in [0.1, 0.15) is 24.1 Å². The molecule has 3 fully saturated rings. The number of aliphatic hydroxyl groups is 1. The van der Waals surface area contributed by atoms with E-state index < -0.39 is 6.10 Å². The summed E-state index contributed by atoms with van der Waals surface area (Å²) in [5.74, 6) is 1.17. The zero-order valence-electron chi connectivity index (χ0n) is 15.3. The number of anilines is 1. The second-order valence-electron chi connectivity index (χ2n) is 7.49. The van der Waals surface area contributed by atoms with Crippen molar-refractivity contribution >= 4 is 28.6 Å². The van der Waals surface area contributed by atoms with E-state index in [2.05, 4.69) is 20.3 Å². The fraction of sp³-hybridized carbons (Fsp3) is 0.667. The predicted octanol–water partition coefficient (Wildman–Crippen LogP) is 1.36. The molecule has 3 aliphatic heterocycles. The van der Waals surface area contributed by atoms with Gasteiger partial charge in [-0.25, -0.2) is 4.98 Å². The van der Waals surface area contributed by atoms with Gasteiger partial charge in [0.25, 0.3) is 6.01 Å². The Morgan fingerprint density at radius 2 is 2.04 bits per heavy atom. The van der Waals surface area contributed by atoms with Crippen molar-refractivity contribution in [2.24, 2.45) is 5.92 Å². The van der Waals surface area contributed by atoms with E-state index in [-0.39, 0.29) is 24.9 Å². The number of aliphatic hydroxyl groups excluding tert-OH is 1. The number of nitrogens with one attached hydrogen (secondary N) is 2. The average molecular weight is 411 g/mol. The molecule has 10 heteroatoms. The highest BCUT2D eigenvalue weighted by Crippen LogP contribution is 2.31. The molecule has 0 spiro atoms. The average Bonchev–Trinajstić information content (AvgIpc) is 3.38. The Balaban J connectivity index is 1.28. The number of hydrogen-bond donors (Lipinski definition) is 3. The van der Waals surface area contributed by atoms with Crippen LogP contribution in [0, 0.1) is 5.92 Å². The summed E-state index contributed by atoms with van der Waals surface area (Å²) in [6, 6.07) is 2.12. The molecule has 0 amide bonds. The van der Waals surface area contributed by atoms with Gasteiger partial charge in [0.2, 0.25) is 0 Å². The summed E-state index contributed by atoms with van der Waals surface area (Å²) in [7, 11) is 0. The van der Waals surface area contributed by atoms with Crippen LogP contribution in [0.1, 0.15) is 12.8 Å². The summed E-state index contributed by atoms with van der Waals surface area (Å²) in [6.45, 7) is 3.02. The van der Waals surface area contributed by atoms with Crippen LogP contribution >= 0.6 is 11.6 Å². The summed E-state index contributed by atoms with van der Waals surface area (Å²) in [5, 5.41) is 13.7. The molecule has 0 saturated carbocycles. The van der Waals surface area contributed by atoms with Crippen molar-refractivity contribution in [1.82, 2.24) is 15.0 Å². The van der Waals surface area contributed by atoms with Gasteiger partial charge < -0.3 is 34.4 Å². The molecule has 0 aliphatic carbocycles. The molecule has 5 heterocycles. The zero-order valence-corrected chi connectivity index (χ0v) is 16.0. The number of nitrogens with zero attached hydrogens (tertiary/aromatic N) is 2. The Morgan fingerprint density at radius 3 is 2.89 bits per heavy atom. The molecule has 3 aliphatic rings. The fourth-order valence-corrected chi connectivity index (χ4v) is 4.17. The minimum absolute atomic E-state index is 0.259. The lowest BCUT2D eigenvalue weighted by molar-refractivity contribution is 0.00706. The van der Waals surface area contributed by atoms with E-state index in [9.17, 15) is 5.11 Å². The second kappa shape index (κ2) is 7.64. The summed E-state index contributed by atoms with van der Waals surface area (Å²) in [6.07, 6.45) is 0.494. The predicted molar refractivity (Wildman–Crippen MR) is 101 cm³/mol. The molecule has 3 saturated heterocycles. The molecule has 9 nitrogen and oxygen atoms in total. The number of ether oxygens (including phenoxy) is 4. The van der Waals surface area contributed by atoms with Gasteiger partial charge in [-0.15, -0.1) is 0 Å². The molecule has 5 rings (SSSR count). The number of halogens is 1. The van der Waals surface area contributed by atoms with Gasteiger partial charge >= 0.3 is 0 Å². The van der Waals surface area contributed by atoms with Crippen molar-refractivity contribution < 1.29 is 24.1 Å². The molecule has 4 atom stereocenters. The summed E-state index contributed by atoms with van der Waals surface area (Å²) in [5.41, 5.74) is 1.22. The largest absolute Gasteiger partial charge is 0.456 e. The molecule has 0 bridgehead atoms. The molecule has 3 N–H and O–H groups in total. The van der Waals surface area contributed by atoms with E-state index in [1.54, 1.807) is 6.07 Å². The van der Waals surface area contributed by atoms with Crippen molar-refractivity contribution in [2.75, 3.05) is 38.3 Å². The van der Waals surface area contributed by atoms with E-state index in [0.29, 0.717) is 40.5 Å². The summed E-state index contributed by atoms with van der Waals surface area (Å²) in [4.78, 5) is 12.0. The molecule has 28 heavy (non-hydrogen) atoms. The minimum Gasteiger partial charge on any atom is -0.456 e. The lowest BCUT2D eigenvalue weighted by Crippen LogP contribution is -2.34. The first-order chi connectivity index (χ1) is 13.7. The molecule has 0 aromatic carbocycles. The van der Waals surface area contributed by atoms with Crippen LogP contribution in [0.15, 0.2) is 6.07 Å². The third-order valence-corrected chi connectivity index (χ3v) is 5.84. The van der Waals surface area contributed by atoms with Crippen LogP contribution in [0.25, 0.3) is 11.2 Å². The van der Waals surface area contributed by atoms with Crippen LogP contribution in [0.3, 0.4) is 0 Å². The number of rotatable bonds is 5. The van der Waals surface area contributed by atoms with Crippen molar-refractivity contribution in [3.63, 3.8) is 0 Å². The first-order valence-corrected chi connectivity index (χ1v) is 10.0. The summed E-state index contributed by atoms with van der Waals surface area (Å²) >= 11 is 6.38. The Bertz CT molecular complexity index is 843. The standard InChI is InChI=1S/C18H23ClN4O5/c19-10-5-11-17(22-16(10)20-6-9-1-3-25-4-2-9)23-18(21-11)28-13-8-27-14-12(24)7-26-15(13)14/h5,9,12-15,24H,1-4,6-8H2,(H2,20,21,22,23)/t12-,13-,14-,15-/m1/s1. The number of hydrogen-bond acceptors (Lipinski definition) is 8. The van der Waals surface area contributed by atoms with E-state index in [1.165, 1.54) is 0 Å². The number of fused-ring (bicyclic) bond motifs is 2. The lowest BCUT2D eigenvalue weighted by atomic mass is 10.0. The molecule has 152 valence electrons. The van der Waals surface area contributed by atoms with Gasteiger partial charge in [0, 0.05) is 19.8 Å². The van der Waals surface area contributed by atoms with E-state index >= 15 is 0 Å². The molecule has 0 radical (unpaired) electrons. The summed E-state index contributed by atoms with van der Waals surface area (Å²) < 4.78 is 22.5. The quantitative estimate of drug-likeness (QED) is 0.677. The lowest BCUT2D eigenvalue weighted by Gasteiger charge is -2.22. The smallest absolute Gasteiger partial charge is 0.296 e. The topological polar surface area (TPSA) is 111 Å². The fourth-order valence-electron chi connectivity index (χ4n) is 3.96. The second-order valence-corrected chi connectivity index (χ2v) is 7.90. The van der Waals surface area contributed by atoms with Gasteiger partial charge in [-0.05, 0) is 24.8 Å². The van der Waals surface area contributed by atoms with Crippen molar-refractivity contribution in [3.05, 3.63) is 11.1 Å². The van der Waals surface area contributed by atoms with Gasteiger partial charge in [0.15, 0.2) is 11.8 Å². The van der Waals surface area contributed by atoms with Crippen molar-refractivity contribution in [2.45, 2.75) is 37.3 Å². The van der Waals surface area contributed by atoms with Crippen molar-refractivity contribution in [3.8, 4) is 6.01 Å². The van der Waals surface area contributed by atoms with Gasteiger partial charge in [0.05, 0.1) is 23.8 Å². The number of aromatic nitrogens is 3. The maximum absolute atomic E-state index is 9.84. The molecule has 0 unspecified atom stereocenters. The highest BCUT2D eigenvalue weighted by atomic mass is 35.5. The monoisotopic (exact) mass is 410 g/mol. The molecular formula is C18H23ClN4O5. The van der Waals surface area contributed by atoms with Gasteiger partial charge in [-0.2, -0.15) is 4.98 Å². The Kier molecular flexibility index (Phi) is 5.02. The van der Waals surface area contributed by atoms with Crippen LogP contribution in [-0.4, -0.2) is 77.4 Å². The van der Waals surface area contributed by atoms with Crippen LogP contribution < -0.4 is 10.1 Å². The Hall–Kier alpha value is -1.65. The molecule has 2 aromatic rings. The van der Waals surface area contributed by atoms with E-state index in [1.807, 2.05) is 0 Å². The first-order valence-electron chi connectivity index (χ1n) is 9.63. The molecular weight excluding hydrogens is 388 g/mol. The SMILES string of the molecule is O[C@@H]1CO[C@H]2[C@@H]1OC[C@H]2Oc1nc2nc(NCC3CCOCC3)c(Cl)cc2[nH]1.